The van der Waals surface area contributed by atoms with Crippen LogP contribution in [-0.4, -0.2) is 32.2 Å². The van der Waals surface area contributed by atoms with E-state index in [0.717, 1.165) is 5.56 Å². The number of esters is 1. The number of anilines is 1. The SMILES string of the molecule is COc1cc(CCC(=O)O[C@H](C)C(=O)Nc2cccc(C#N)c2)cc(OC)c1. The first kappa shape index (κ1) is 20.8. The Hall–Kier alpha value is -3.53. The number of ether oxygens (including phenoxy) is 3. The van der Waals surface area contributed by atoms with Gasteiger partial charge < -0.3 is 19.5 Å². The lowest BCUT2D eigenvalue weighted by Gasteiger charge is -2.14. The van der Waals surface area contributed by atoms with Crippen LogP contribution in [0.3, 0.4) is 0 Å². The number of nitrogens with zero attached hydrogens (tertiary/aromatic N) is 1. The summed E-state index contributed by atoms with van der Waals surface area (Å²) in [7, 11) is 3.11. The number of nitriles is 1. The molecule has 2 rings (SSSR count). The van der Waals surface area contributed by atoms with Gasteiger partial charge in [-0.3, -0.25) is 9.59 Å². The Morgan fingerprint density at radius 3 is 2.39 bits per heavy atom. The molecule has 0 heterocycles. The molecule has 2 aromatic rings. The number of carbonyl (C=O) groups excluding carboxylic acids is 2. The van der Waals surface area contributed by atoms with E-state index in [9.17, 15) is 9.59 Å². The molecule has 0 unspecified atom stereocenters. The largest absolute Gasteiger partial charge is 0.497 e. The summed E-state index contributed by atoms with van der Waals surface area (Å²) in [6.45, 7) is 1.50. The van der Waals surface area contributed by atoms with Gasteiger partial charge >= 0.3 is 5.97 Å². The van der Waals surface area contributed by atoms with Crippen molar-refractivity contribution in [3.05, 3.63) is 53.6 Å². The fourth-order valence-corrected chi connectivity index (χ4v) is 2.48. The van der Waals surface area contributed by atoms with E-state index in [0.29, 0.717) is 29.2 Å². The van der Waals surface area contributed by atoms with Crippen molar-refractivity contribution in [1.82, 2.24) is 0 Å². The van der Waals surface area contributed by atoms with Crippen molar-refractivity contribution in [3.8, 4) is 17.6 Å². The van der Waals surface area contributed by atoms with Crippen molar-refractivity contribution in [2.24, 2.45) is 0 Å². The Morgan fingerprint density at radius 2 is 1.79 bits per heavy atom. The van der Waals surface area contributed by atoms with Crippen molar-refractivity contribution in [1.29, 1.82) is 5.26 Å². The van der Waals surface area contributed by atoms with Crippen molar-refractivity contribution in [3.63, 3.8) is 0 Å². The molecule has 0 spiro atoms. The Bertz CT molecular complexity index is 866. The molecule has 1 atom stereocenters. The van der Waals surface area contributed by atoms with Gasteiger partial charge in [-0.15, -0.1) is 0 Å². The van der Waals surface area contributed by atoms with Crippen LogP contribution in [0.15, 0.2) is 42.5 Å². The third-order valence-corrected chi connectivity index (χ3v) is 3.97. The lowest BCUT2D eigenvalue weighted by molar-refractivity contribution is -0.153. The van der Waals surface area contributed by atoms with Crippen LogP contribution in [-0.2, 0) is 20.7 Å². The van der Waals surface area contributed by atoms with Gasteiger partial charge in [0.25, 0.3) is 5.91 Å². The summed E-state index contributed by atoms with van der Waals surface area (Å²) in [4.78, 5) is 24.3. The van der Waals surface area contributed by atoms with Crippen LogP contribution in [0, 0.1) is 11.3 Å². The monoisotopic (exact) mass is 382 g/mol. The lowest BCUT2D eigenvalue weighted by atomic mass is 10.1. The van der Waals surface area contributed by atoms with E-state index < -0.39 is 18.0 Å². The van der Waals surface area contributed by atoms with Gasteiger partial charge in [-0.1, -0.05) is 6.07 Å². The molecule has 2 aromatic carbocycles. The van der Waals surface area contributed by atoms with Gasteiger partial charge in [-0.05, 0) is 49.2 Å². The fraction of sp³-hybridized carbons (Fsp3) is 0.286. The fourth-order valence-electron chi connectivity index (χ4n) is 2.48. The second kappa shape index (κ2) is 9.97. The molecule has 7 nitrogen and oxygen atoms in total. The second-order valence-electron chi connectivity index (χ2n) is 6.03. The number of nitrogens with one attached hydrogen (secondary N) is 1. The van der Waals surface area contributed by atoms with Crippen LogP contribution in [0.4, 0.5) is 5.69 Å². The zero-order valence-corrected chi connectivity index (χ0v) is 16.0. The minimum atomic E-state index is -0.960. The summed E-state index contributed by atoms with van der Waals surface area (Å²) in [5.74, 6) is 0.312. The summed E-state index contributed by atoms with van der Waals surface area (Å²) >= 11 is 0. The highest BCUT2D eigenvalue weighted by Crippen LogP contribution is 2.23. The molecule has 0 aliphatic rings. The molecule has 0 aliphatic carbocycles. The number of hydrogen-bond donors (Lipinski definition) is 1. The molecule has 0 fully saturated rings. The molecule has 146 valence electrons. The minimum Gasteiger partial charge on any atom is -0.497 e. The number of amides is 1. The summed E-state index contributed by atoms with van der Waals surface area (Å²) in [6.07, 6.45) is -0.430. The smallest absolute Gasteiger partial charge is 0.306 e. The van der Waals surface area contributed by atoms with Crippen LogP contribution in [0.1, 0.15) is 24.5 Å². The van der Waals surface area contributed by atoms with E-state index in [2.05, 4.69) is 5.32 Å². The molecule has 0 bridgehead atoms. The summed E-state index contributed by atoms with van der Waals surface area (Å²) in [5.41, 5.74) is 1.75. The van der Waals surface area contributed by atoms with Gasteiger partial charge in [0.2, 0.25) is 0 Å². The number of carbonyl (C=O) groups is 2. The maximum Gasteiger partial charge on any atom is 0.306 e. The van der Waals surface area contributed by atoms with Crippen molar-refractivity contribution >= 4 is 17.6 Å². The molecular formula is C21H22N2O5. The number of hydrogen-bond acceptors (Lipinski definition) is 6. The first-order chi connectivity index (χ1) is 13.4. The van der Waals surface area contributed by atoms with Crippen molar-refractivity contribution in [2.45, 2.75) is 25.9 Å². The van der Waals surface area contributed by atoms with E-state index in [4.69, 9.17) is 19.5 Å². The average Bonchev–Trinajstić information content (AvgIpc) is 2.71. The molecule has 1 N–H and O–H groups in total. The number of rotatable bonds is 8. The van der Waals surface area contributed by atoms with Crippen molar-refractivity contribution < 1.29 is 23.8 Å². The molecule has 28 heavy (non-hydrogen) atoms. The molecule has 0 saturated carbocycles. The molecule has 7 heteroatoms. The number of benzene rings is 2. The van der Waals surface area contributed by atoms with Gasteiger partial charge in [0.15, 0.2) is 6.10 Å². The molecule has 0 aromatic heterocycles. The molecule has 0 radical (unpaired) electrons. The minimum absolute atomic E-state index is 0.109. The molecule has 1 amide bonds. The Morgan fingerprint density at radius 1 is 1.11 bits per heavy atom. The zero-order chi connectivity index (χ0) is 20.5. The molecule has 0 aliphatic heterocycles. The molecule has 0 saturated heterocycles. The highest BCUT2D eigenvalue weighted by Gasteiger charge is 2.18. The third-order valence-electron chi connectivity index (χ3n) is 3.97. The highest BCUT2D eigenvalue weighted by atomic mass is 16.5. The van der Waals surface area contributed by atoms with Gasteiger partial charge in [-0.25, -0.2) is 0 Å². The van der Waals surface area contributed by atoms with E-state index in [1.54, 1.807) is 44.6 Å². The standard InChI is InChI=1S/C21H22N2O5/c1-14(21(25)23-17-6-4-5-16(9-17)13-22)28-20(24)8-7-15-10-18(26-2)12-19(11-15)27-3/h4-6,9-12,14H,7-8H2,1-3H3,(H,23,25)/t14-/m1/s1. The van der Waals surface area contributed by atoms with Gasteiger partial charge in [0.1, 0.15) is 11.5 Å². The maximum atomic E-state index is 12.2. The molecular weight excluding hydrogens is 360 g/mol. The Kier molecular flexibility index (Phi) is 7.40. The van der Waals surface area contributed by atoms with Gasteiger partial charge in [0, 0.05) is 18.2 Å². The van der Waals surface area contributed by atoms with Crippen molar-refractivity contribution in [2.75, 3.05) is 19.5 Å². The van der Waals surface area contributed by atoms with E-state index in [-0.39, 0.29) is 6.42 Å². The quantitative estimate of drug-likeness (QED) is 0.705. The van der Waals surface area contributed by atoms with Crippen LogP contribution in [0.5, 0.6) is 11.5 Å². The maximum absolute atomic E-state index is 12.2. The van der Waals surface area contributed by atoms with E-state index in [1.807, 2.05) is 18.2 Å². The van der Waals surface area contributed by atoms with Gasteiger partial charge in [-0.2, -0.15) is 5.26 Å². The first-order valence-corrected chi connectivity index (χ1v) is 8.67. The normalized spacial score (nSPS) is 11.1. The van der Waals surface area contributed by atoms with Gasteiger partial charge in [0.05, 0.1) is 25.9 Å². The Labute approximate surface area is 163 Å². The predicted octanol–water partition coefficient (Wildman–Crippen LogP) is 3.08. The number of methoxy groups -OCH3 is 2. The number of aryl methyl sites for hydroxylation is 1. The summed E-state index contributed by atoms with van der Waals surface area (Å²) in [6, 6.07) is 13.9. The lowest BCUT2D eigenvalue weighted by Crippen LogP contribution is -2.30. The van der Waals surface area contributed by atoms with E-state index >= 15 is 0 Å². The topological polar surface area (TPSA) is 97.6 Å². The highest BCUT2D eigenvalue weighted by molar-refractivity contribution is 5.95. The van der Waals surface area contributed by atoms with Crippen LogP contribution >= 0.6 is 0 Å². The predicted molar refractivity (Wildman–Crippen MR) is 103 cm³/mol. The third kappa shape index (κ3) is 6.02. The summed E-state index contributed by atoms with van der Waals surface area (Å²) in [5, 5.41) is 11.5. The Balaban J connectivity index is 1.88. The van der Waals surface area contributed by atoms with E-state index in [1.165, 1.54) is 6.92 Å². The summed E-state index contributed by atoms with van der Waals surface area (Å²) < 4.78 is 15.6. The van der Waals surface area contributed by atoms with Crippen LogP contribution in [0.25, 0.3) is 0 Å². The average molecular weight is 382 g/mol. The second-order valence-corrected chi connectivity index (χ2v) is 6.03. The zero-order valence-electron chi connectivity index (χ0n) is 16.0. The first-order valence-electron chi connectivity index (χ1n) is 8.67. The van der Waals surface area contributed by atoms with Crippen LogP contribution in [0.2, 0.25) is 0 Å². The van der Waals surface area contributed by atoms with Crippen LogP contribution < -0.4 is 14.8 Å².